The Morgan fingerprint density at radius 1 is 1.32 bits per heavy atom. The van der Waals surface area contributed by atoms with Crippen molar-refractivity contribution >= 4 is 22.8 Å². The number of anilines is 2. The molecule has 3 N–H and O–H groups in total. The minimum Gasteiger partial charge on any atom is -0.385 e. The molecule has 0 amide bonds. The van der Waals surface area contributed by atoms with Crippen LogP contribution < -0.4 is 10.6 Å². The molecule has 2 aliphatic rings. The number of benzene rings is 1. The summed E-state index contributed by atoms with van der Waals surface area (Å²) < 4.78 is 17.3. The van der Waals surface area contributed by atoms with Gasteiger partial charge in [0.1, 0.15) is 11.4 Å². The SMILES string of the molecule is COCCC1(C)OCc2c(N3CCOC[C@@H]3C)nc(-c3ccc4nc(N)[nH]c4c3)nc21. The number of morpholine rings is 1. The van der Waals surface area contributed by atoms with Crippen molar-refractivity contribution in [3.05, 3.63) is 29.5 Å². The monoisotopic (exact) mass is 424 g/mol. The third-order valence-electron chi connectivity index (χ3n) is 6.20. The van der Waals surface area contributed by atoms with Gasteiger partial charge in [-0.1, -0.05) is 0 Å². The van der Waals surface area contributed by atoms with Gasteiger partial charge in [0, 0.05) is 37.8 Å². The highest BCUT2D eigenvalue weighted by molar-refractivity contribution is 5.82. The van der Waals surface area contributed by atoms with Gasteiger partial charge in [0.15, 0.2) is 11.8 Å². The summed E-state index contributed by atoms with van der Waals surface area (Å²) in [5.41, 5.74) is 9.89. The van der Waals surface area contributed by atoms with Crippen LogP contribution in [-0.4, -0.2) is 59.5 Å². The normalized spacial score (nSPS) is 23.5. The second kappa shape index (κ2) is 7.74. The Bertz CT molecular complexity index is 1120. The third kappa shape index (κ3) is 3.52. The van der Waals surface area contributed by atoms with Gasteiger partial charge in [-0.2, -0.15) is 0 Å². The Morgan fingerprint density at radius 2 is 2.19 bits per heavy atom. The molecule has 2 aliphatic heterocycles. The zero-order chi connectivity index (χ0) is 21.6. The molecule has 31 heavy (non-hydrogen) atoms. The molecule has 1 saturated heterocycles. The number of imidazole rings is 1. The van der Waals surface area contributed by atoms with Crippen molar-refractivity contribution < 1.29 is 14.2 Å². The molecule has 4 heterocycles. The van der Waals surface area contributed by atoms with Crippen LogP contribution in [0.25, 0.3) is 22.4 Å². The maximum atomic E-state index is 6.27. The second-order valence-electron chi connectivity index (χ2n) is 8.43. The smallest absolute Gasteiger partial charge is 0.198 e. The lowest BCUT2D eigenvalue weighted by Crippen LogP contribution is -2.44. The van der Waals surface area contributed by atoms with E-state index in [0.29, 0.717) is 38.2 Å². The number of hydrogen-bond donors (Lipinski definition) is 2. The number of aromatic nitrogens is 4. The van der Waals surface area contributed by atoms with Crippen LogP contribution in [0.5, 0.6) is 0 Å². The van der Waals surface area contributed by atoms with Crippen LogP contribution in [0.4, 0.5) is 11.8 Å². The molecule has 0 bridgehead atoms. The fourth-order valence-corrected chi connectivity index (χ4v) is 4.41. The van der Waals surface area contributed by atoms with Crippen LogP contribution >= 0.6 is 0 Å². The zero-order valence-electron chi connectivity index (χ0n) is 18.1. The molecular formula is C22H28N6O3. The lowest BCUT2D eigenvalue weighted by Gasteiger charge is -2.35. The standard InChI is InChI=1S/C22H28N6O3/c1-13-11-30-9-7-28(13)20-15-12-31-22(2,6-8-29-3)18(15)26-19(27-20)14-4-5-16-17(10-14)25-21(23)24-16/h4-5,10,13H,6-9,11-12H2,1-3H3,(H3,23,24,25)/t13-,22?/m0/s1. The number of ether oxygens (including phenoxy) is 3. The summed E-state index contributed by atoms with van der Waals surface area (Å²) in [6, 6.07) is 6.14. The molecule has 9 nitrogen and oxygen atoms in total. The molecule has 5 rings (SSSR count). The molecule has 0 saturated carbocycles. The zero-order valence-corrected chi connectivity index (χ0v) is 18.1. The van der Waals surface area contributed by atoms with Crippen LogP contribution in [-0.2, 0) is 26.4 Å². The summed E-state index contributed by atoms with van der Waals surface area (Å²) in [6.07, 6.45) is 0.723. The van der Waals surface area contributed by atoms with Crippen molar-refractivity contribution in [2.24, 2.45) is 0 Å². The van der Waals surface area contributed by atoms with Gasteiger partial charge in [-0.05, 0) is 32.0 Å². The predicted octanol–water partition coefficient (Wildman–Crippen LogP) is 2.61. The van der Waals surface area contributed by atoms with Crippen molar-refractivity contribution in [1.29, 1.82) is 0 Å². The molecule has 1 fully saturated rings. The van der Waals surface area contributed by atoms with Gasteiger partial charge in [-0.25, -0.2) is 15.0 Å². The van der Waals surface area contributed by atoms with Gasteiger partial charge in [-0.15, -0.1) is 0 Å². The predicted molar refractivity (Wildman–Crippen MR) is 118 cm³/mol. The number of H-pyrrole nitrogens is 1. The van der Waals surface area contributed by atoms with Crippen LogP contribution in [0.1, 0.15) is 31.5 Å². The van der Waals surface area contributed by atoms with Gasteiger partial charge in [0.2, 0.25) is 0 Å². The number of nitrogens with one attached hydrogen (secondary N) is 1. The Hall–Kier alpha value is -2.75. The summed E-state index contributed by atoms with van der Waals surface area (Å²) in [7, 11) is 1.71. The Kier molecular flexibility index (Phi) is 5.04. The molecule has 3 aromatic rings. The third-order valence-corrected chi connectivity index (χ3v) is 6.20. The molecule has 1 aromatic carbocycles. The summed E-state index contributed by atoms with van der Waals surface area (Å²) in [4.78, 5) is 19.7. The molecule has 0 radical (unpaired) electrons. The molecule has 164 valence electrons. The Balaban J connectivity index is 1.65. The lowest BCUT2D eigenvalue weighted by molar-refractivity contribution is -0.0448. The van der Waals surface area contributed by atoms with E-state index in [1.807, 2.05) is 18.2 Å². The fourth-order valence-electron chi connectivity index (χ4n) is 4.41. The highest BCUT2D eigenvalue weighted by Crippen LogP contribution is 2.42. The molecule has 2 atom stereocenters. The number of nitrogens with zero attached hydrogens (tertiary/aromatic N) is 4. The number of fused-ring (bicyclic) bond motifs is 2. The van der Waals surface area contributed by atoms with Crippen molar-refractivity contribution in [2.75, 3.05) is 44.1 Å². The van der Waals surface area contributed by atoms with E-state index in [9.17, 15) is 0 Å². The van der Waals surface area contributed by atoms with E-state index >= 15 is 0 Å². The quantitative estimate of drug-likeness (QED) is 0.643. The fraction of sp³-hybridized carbons (Fsp3) is 0.500. The highest BCUT2D eigenvalue weighted by Gasteiger charge is 2.41. The maximum Gasteiger partial charge on any atom is 0.198 e. The topological polar surface area (TPSA) is 111 Å². The summed E-state index contributed by atoms with van der Waals surface area (Å²) in [5.74, 6) is 1.99. The van der Waals surface area contributed by atoms with E-state index in [4.69, 9.17) is 29.9 Å². The van der Waals surface area contributed by atoms with Gasteiger partial charge < -0.3 is 29.8 Å². The lowest BCUT2D eigenvalue weighted by atomic mass is 9.96. The first-order valence-corrected chi connectivity index (χ1v) is 10.6. The number of nitrogens with two attached hydrogens (primary N) is 1. The molecule has 2 aromatic heterocycles. The first kappa shape index (κ1) is 20.2. The van der Waals surface area contributed by atoms with Gasteiger partial charge in [-0.3, -0.25) is 0 Å². The Morgan fingerprint density at radius 3 is 3.00 bits per heavy atom. The van der Waals surface area contributed by atoms with E-state index < -0.39 is 5.60 Å². The Labute approximate surface area is 180 Å². The van der Waals surface area contributed by atoms with Crippen LogP contribution in [0.15, 0.2) is 18.2 Å². The first-order chi connectivity index (χ1) is 15.0. The second-order valence-corrected chi connectivity index (χ2v) is 8.43. The molecule has 9 heteroatoms. The summed E-state index contributed by atoms with van der Waals surface area (Å²) in [5, 5.41) is 0. The highest BCUT2D eigenvalue weighted by atomic mass is 16.5. The minimum absolute atomic E-state index is 0.223. The van der Waals surface area contributed by atoms with Gasteiger partial charge >= 0.3 is 0 Å². The first-order valence-electron chi connectivity index (χ1n) is 10.6. The largest absolute Gasteiger partial charge is 0.385 e. The van der Waals surface area contributed by atoms with E-state index in [-0.39, 0.29) is 6.04 Å². The molecule has 0 aliphatic carbocycles. The summed E-state index contributed by atoms with van der Waals surface area (Å²) >= 11 is 0. The van der Waals surface area contributed by atoms with Crippen molar-refractivity contribution in [3.8, 4) is 11.4 Å². The van der Waals surface area contributed by atoms with Crippen LogP contribution in [0.3, 0.4) is 0 Å². The average Bonchev–Trinajstić information content (AvgIpc) is 3.31. The number of nitrogen functional groups attached to an aromatic ring is 1. The van der Waals surface area contributed by atoms with Gasteiger partial charge in [0.25, 0.3) is 0 Å². The number of hydrogen-bond acceptors (Lipinski definition) is 8. The average molecular weight is 425 g/mol. The van der Waals surface area contributed by atoms with Crippen LogP contribution in [0, 0.1) is 0 Å². The molecule has 1 unspecified atom stereocenters. The number of aromatic amines is 1. The van der Waals surface area contributed by atoms with E-state index in [0.717, 1.165) is 46.6 Å². The number of rotatable bonds is 5. The number of methoxy groups -OCH3 is 1. The van der Waals surface area contributed by atoms with Crippen molar-refractivity contribution in [1.82, 2.24) is 19.9 Å². The van der Waals surface area contributed by atoms with Gasteiger partial charge in [0.05, 0.1) is 42.6 Å². The van der Waals surface area contributed by atoms with Crippen LogP contribution in [0.2, 0.25) is 0 Å². The van der Waals surface area contributed by atoms with Crippen molar-refractivity contribution in [3.63, 3.8) is 0 Å². The molecular weight excluding hydrogens is 396 g/mol. The summed E-state index contributed by atoms with van der Waals surface area (Å²) in [6.45, 7) is 7.47. The van der Waals surface area contributed by atoms with E-state index in [1.165, 1.54) is 0 Å². The van der Waals surface area contributed by atoms with E-state index in [2.05, 4.69) is 28.7 Å². The van der Waals surface area contributed by atoms with Crippen molar-refractivity contribution in [2.45, 2.75) is 38.5 Å². The minimum atomic E-state index is -0.518. The maximum absolute atomic E-state index is 6.27. The molecule has 0 spiro atoms. The van der Waals surface area contributed by atoms with E-state index in [1.54, 1.807) is 7.11 Å².